The molecule has 0 atom stereocenters. The van der Waals surface area contributed by atoms with Crippen LogP contribution in [0.5, 0.6) is 5.88 Å². The molecule has 8 nitrogen and oxygen atoms in total. The topological polar surface area (TPSA) is 79.1 Å². The second kappa shape index (κ2) is 11.6. The van der Waals surface area contributed by atoms with Gasteiger partial charge in [0.05, 0.1) is 12.4 Å². The van der Waals surface area contributed by atoms with E-state index < -0.39 is 0 Å². The van der Waals surface area contributed by atoms with Crippen molar-refractivity contribution in [1.82, 2.24) is 19.0 Å². The standard InChI is InChI=1S/C25H32ClN5O3/c1-28-14-16-29(17-15-28)12-4-2-3-5-13-30-24(32)19-31(25(30)33)27-18-22-10-11-23(34-22)20-6-8-21(26)9-7-20/h6-11,18-19,32H,2-5,12-17H2,1H3. The maximum atomic E-state index is 12.6. The Morgan fingerprint density at radius 3 is 2.44 bits per heavy atom. The fraction of sp³-hybridized carbons (Fsp3) is 0.440. The van der Waals surface area contributed by atoms with E-state index in [0.717, 1.165) is 68.6 Å². The van der Waals surface area contributed by atoms with Gasteiger partial charge in [-0.25, -0.2) is 4.79 Å². The van der Waals surface area contributed by atoms with E-state index in [1.165, 1.54) is 17.0 Å². The molecule has 2 aromatic heterocycles. The van der Waals surface area contributed by atoms with E-state index in [4.69, 9.17) is 16.0 Å². The highest BCUT2D eigenvalue weighted by Gasteiger charge is 2.13. The van der Waals surface area contributed by atoms with Crippen LogP contribution in [0.1, 0.15) is 31.4 Å². The fourth-order valence-electron chi connectivity index (χ4n) is 4.09. The van der Waals surface area contributed by atoms with Gasteiger partial charge in [-0.2, -0.15) is 9.78 Å². The Hall–Kier alpha value is -2.81. The Bertz CT molecular complexity index is 1140. The summed E-state index contributed by atoms with van der Waals surface area (Å²) in [7, 11) is 2.17. The van der Waals surface area contributed by atoms with Crippen LogP contribution in [-0.2, 0) is 6.54 Å². The minimum atomic E-state index is -0.365. The molecule has 1 aliphatic heterocycles. The lowest BCUT2D eigenvalue weighted by Gasteiger charge is -2.32. The first-order valence-corrected chi connectivity index (χ1v) is 12.2. The molecule has 0 saturated carbocycles. The highest BCUT2D eigenvalue weighted by atomic mass is 35.5. The lowest BCUT2D eigenvalue weighted by Crippen LogP contribution is -2.44. The molecule has 34 heavy (non-hydrogen) atoms. The Morgan fingerprint density at radius 1 is 1.00 bits per heavy atom. The average molecular weight is 486 g/mol. The van der Waals surface area contributed by atoms with Crippen molar-refractivity contribution in [3.05, 3.63) is 63.9 Å². The monoisotopic (exact) mass is 485 g/mol. The number of benzene rings is 1. The lowest BCUT2D eigenvalue weighted by molar-refractivity contribution is 0.152. The highest BCUT2D eigenvalue weighted by Crippen LogP contribution is 2.23. The SMILES string of the molecule is CN1CCN(CCCCCCn2c(O)cn(N=Cc3ccc(-c4ccc(Cl)cc4)o3)c2=O)CC1. The van der Waals surface area contributed by atoms with Gasteiger partial charge < -0.3 is 19.3 Å². The number of imidazole rings is 1. The Balaban J connectivity index is 1.25. The first-order valence-electron chi connectivity index (χ1n) is 11.8. The van der Waals surface area contributed by atoms with Crippen molar-refractivity contribution in [2.75, 3.05) is 39.8 Å². The molecule has 1 aromatic carbocycles. The van der Waals surface area contributed by atoms with Gasteiger partial charge in [-0.15, -0.1) is 0 Å². The van der Waals surface area contributed by atoms with E-state index in [1.54, 1.807) is 18.2 Å². The molecule has 0 amide bonds. The third kappa shape index (κ3) is 6.40. The third-order valence-electron chi connectivity index (χ3n) is 6.21. The molecule has 3 heterocycles. The normalized spacial score (nSPS) is 15.5. The molecule has 182 valence electrons. The Kier molecular flexibility index (Phi) is 8.26. The second-order valence-electron chi connectivity index (χ2n) is 8.78. The molecule has 0 bridgehead atoms. The van der Waals surface area contributed by atoms with Gasteiger partial charge in [-0.3, -0.25) is 4.57 Å². The van der Waals surface area contributed by atoms with E-state index in [1.807, 2.05) is 18.2 Å². The summed E-state index contributed by atoms with van der Waals surface area (Å²) in [6.45, 7) is 6.19. The van der Waals surface area contributed by atoms with Gasteiger partial charge >= 0.3 is 5.69 Å². The van der Waals surface area contributed by atoms with Crippen molar-refractivity contribution in [1.29, 1.82) is 0 Å². The molecule has 0 radical (unpaired) electrons. The summed E-state index contributed by atoms with van der Waals surface area (Å²) in [6.07, 6.45) is 6.94. The molecule has 1 saturated heterocycles. The number of nitrogens with zero attached hydrogens (tertiary/aromatic N) is 5. The van der Waals surface area contributed by atoms with Crippen LogP contribution < -0.4 is 5.69 Å². The quantitative estimate of drug-likeness (QED) is 0.347. The van der Waals surface area contributed by atoms with Crippen LogP contribution in [0, 0.1) is 0 Å². The number of piperazine rings is 1. The summed E-state index contributed by atoms with van der Waals surface area (Å²) in [5, 5.41) is 15.0. The number of unbranched alkanes of at least 4 members (excludes halogenated alkanes) is 3. The molecular weight excluding hydrogens is 454 g/mol. The number of hydrogen-bond acceptors (Lipinski definition) is 6. The second-order valence-corrected chi connectivity index (χ2v) is 9.22. The zero-order chi connectivity index (χ0) is 23.9. The van der Waals surface area contributed by atoms with Gasteiger partial charge in [0.25, 0.3) is 0 Å². The summed E-state index contributed by atoms with van der Waals surface area (Å²) in [4.78, 5) is 17.5. The molecule has 0 unspecified atom stereocenters. The summed E-state index contributed by atoms with van der Waals surface area (Å²) < 4.78 is 8.27. The van der Waals surface area contributed by atoms with Gasteiger partial charge in [-0.1, -0.05) is 24.4 Å². The predicted octanol–water partition coefficient (Wildman–Crippen LogP) is 3.96. The van der Waals surface area contributed by atoms with Gasteiger partial charge in [0.1, 0.15) is 11.5 Å². The number of rotatable bonds is 10. The molecule has 0 spiro atoms. The summed E-state index contributed by atoms with van der Waals surface area (Å²) in [5.41, 5.74) is 0.532. The predicted molar refractivity (Wildman–Crippen MR) is 135 cm³/mol. The number of furan rings is 1. The maximum absolute atomic E-state index is 12.6. The molecule has 1 aliphatic rings. The molecule has 4 rings (SSSR count). The average Bonchev–Trinajstić information content (AvgIpc) is 3.41. The van der Waals surface area contributed by atoms with Crippen molar-refractivity contribution in [2.24, 2.45) is 5.10 Å². The van der Waals surface area contributed by atoms with Crippen LogP contribution in [0.3, 0.4) is 0 Å². The van der Waals surface area contributed by atoms with Gasteiger partial charge in [0.2, 0.25) is 5.88 Å². The van der Waals surface area contributed by atoms with E-state index in [-0.39, 0.29) is 11.6 Å². The molecule has 0 aliphatic carbocycles. The minimum absolute atomic E-state index is 0.0825. The van der Waals surface area contributed by atoms with Crippen molar-refractivity contribution < 1.29 is 9.52 Å². The number of aromatic nitrogens is 2. The number of halogens is 1. The maximum Gasteiger partial charge on any atom is 0.351 e. The van der Waals surface area contributed by atoms with E-state index in [2.05, 4.69) is 21.9 Å². The molecule has 1 fully saturated rings. The van der Waals surface area contributed by atoms with Gasteiger partial charge in [-0.05, 0) is 62.8 Å². The van der Waals surface area contributed by atoms with Crippen LogP contribution >= 0.6 is 11.6 Å². The van der Waals surface area contributed by atoms with Crippen LogP contribution in [-0.4, -0.2) is 70.1 Å². The molecule has 9 heteroatoms. The lowest BCUT2D eigenvalue weighted by atomic mass is 10.2. The smallest absolute Gasteiger partial charge is 0.351 e. The number of likely N-dealkylation sites (N-methyl/N-ethyl adjacent to an activating group) is 1. The fourth-order valence-corrected chi connectivity index (χ4v) is 4.22. The Labute approximate surface area is 204 Å². The summed E-state index contributed by atoms with van der Waals surface area (Å²) >= 11 is 5.93. The van der Waals surface area contributed by atoms with Crippen molar-refractivity contribution >= 4 is 17.8 Å². The van der Waals surface area contributed by atoms with Gasteiger partial charge in [0.15, 0.2) is 0 Å². The van der Waals surface area contributed by atoms with Crippen LogP contribution in [0.2, 0.25) is 5.02 Å². The minimum Gasteiger partial charge on any atom is -0.493 e. The van der Waals surface area contributed by atoms with Crippen LogP contribution in [0.25, 0.3) is 11.3 Å². The number of hydrogen-bond donors (Lipinski definition) is 1. The molecular formula is C25H32ClN5O3. The van der Waals surface area contributed by atoms with Crippen molar-refractivity contribution in [3.8, 4) is 17.2 Å². The first-order chi connectivity index (χ1) is 16.5. The molecule has 3 aromatic rings. The van der Waals surface area contributed by atoms with Gasteiger partial charge in [0, 0.05) is 43.3 Å². The summed E-state index contributed by atoms with van der Waals surface area (Å²) in [5.74, 6) is 1.10. The largest absolute Gasteiger partial charge is 0.493 e. The zero-order valence-electron chi connectivity index (χ0n) is 19.6. The van der Waals surface area contributed by atoms with E-state index >= 15 is 0 Å². The molecule has 1 N–H and O–H groups in total. The third-order valence-corrected chi connectivity index (χ3v) is 6.46. The van der Waals surface area contributed by atoms with Crippen molar-refractivity contribution in [2.45, 2.75) is 32.2 Å². The van der Waals surface area contributed by atoms with Crippen LogP contribution in [0.15, 0.2) is 56.9 Å². The summed E-state index contributed by atoms with van der Waals surface area (Å²) in [6, 6.07) is 10.9. The van der Waals surface area contributed by atoms with Crippen molar-refractivity contribution in [3.63, 3.8) is 0 Å². The number of aromatic hydroxyl groups is 1. The van der Waals surface area contributed by atoms with E-state index in [0.29, 0.717) is 23.1 Å². The van der Waals surface area contributed by atoms with E-state index in [9.17, 15) is 9.90 Å². The zero-order valence-corrected chi connectivity index (χ0v) is 20.3. The van der Waals surface area contributed by atoms with Crippen LogP contribution in [0.4, 0.5) is 0 Å². The first kappa shape index (κ1) is 24.3. The Morgan fingerprint density at radius 2 is 1.71 bits per heavy atom. The highest BCUT2D eigenvalue weighted by molar-refractivity contribution is 6.30.